The van der Waals surface area contributed by atoms with Crippen LogP contribution in [0.25, 0.3) is 0 Å². The number of amides is 2. The third-order valence-corrected chi connectivity index (χ3v) is 7.43. The van der Waals surface area contributed by atoms with Crippen molar-refractivity contribution in [1.82, 2.24) is 0 Å². The van der Waals surface area contributed by atoms with E-state index in [0.29, 0.717) is 10.6 Å². The number of carbonyl (C=O) groups is 3. The van der Waals surface area contributed by atoms with Gasteiger partial charge in [0.15, 0.2) is 0 Å². The van der Waals surface area contributed by atoms with Crippen LogP contribution in [0, 0.1) is 5.92 Å². The molecule has 0 atom stereocenters. The first kappa shape index (κ1) is 20.9. The number of hydrogen-bond donors (Lipinski definition) is 2. The van der Waals surface area contributed by atoms with Crippen molar-refractivity contribution in [3.05, 3.63) is 40.3 Å². The van der Waals surface area contributed by atoms with Crippen LogP contribution in [0.1, 0.15) is 46.5 Å². The Bertz CT molecular complexity index is 982. The van der Waals surface area contributed by atoms with Crippen LogP contribution in [-0.2, 0) is 27.2 Å². The number of ether oxygens (including phenoxy) is 1. The topological polar surface area (TPSA) is 84.5 Å². The number of methoxy groups -OCH3 is 1. The predicted molar refractivity (Wildman–Crippen MR) is 119 cm³/mol. The number of fused-ring (bicyclic) bond motifs is 1. The Morgan fingerprint density at radius 1 is 1.17 bits per heavy atom. The summed E-state index contributed by atoms with van der Waals surface area (Å²) in [4.78, 5) is 38.9. The number of benzene rings is 1. The van der Waals surface area contributed by atoms with Crippen molar-refractivity contribution < 1.29 is 19.1 Å². The average molecular weight is 445 g/mol. The summed E-state index contributed by atoms with van der Waals surface area (Å²) in [6, 6.07) is 7.51. The molecule has 2 amide bonds. The molecule has 30 heavy (non-hydrogen) atoms. The van der Waals surface area contributed by atoms with Gasteiger partial charge in [-0.05, 0) is 62.3 Å². The summed E-state index contributed by atoms with van der Waals surface area (Å²) in [5.41, 5.74) is 2.29. The summed E-state index contributed by atoms with van der Waals surface area (Å²) in [7, 11) is 1.37. The van der Waals surface area contributed by atoms with Crippen molar-refractivity contribution in [3.8, 4) is 0 Å². The lowest BCUT2D eigenvalue weighted by Gasteiger charge is -2.11. The van der Waals surface area contributed by atoms with E-state index in [4.69, 9.17) is 4.74 Å². The second-order valence-corrected chi connectivity index (χ2v) is 9.69. The number of nitrogens with one attached hydrogen (secondary N) is 2. The van der Waals surface area contributed by atoms with Gasteiger partial charge in [-0.3, -0.25) is 9.59 Å². The summed E-state index contributed by atoms with van der Waals surface area (Å²) >= 11 is 2.88. The minimum Gasteiger partial charge on any atom is -0.465 e. The van der Waals surface area contributed by atoms with Gasteiger partial charge < -0.3 is 15.4 Å². The zero-order valence-corrected chi connectivity index (χ0v) is 18.4. The van der Waals surface area contributed by atoms with Crippen molar-refractivity contribution in [2.24, 2.45) is 5.92 Å². The molecule has 0 radical (unpaired) electrons. The number of thiophene rings is 1. The van der Waals surface area contributed by atoms with Crippen LogP contribution in [0.2, 0.25) is 0 Å². The Hall–Kier alpha value is -2.32. The van der Waals surface area contributed by atoms with Gasteiger partial charge in [0.1, 0.15) is 5.00 Å². The van der Waals surface area contributed by atoms with Crippen molar-refractivity contribution in [2.45, 2.75) is 43.4 Å². The van der Waals surface area contributed by atoms with E-state index in [1.165, 1.54) is 35.1 Å². The largest absolute Gasteiger partial charge is 0.465 e. The lowest BCUT2D eigenvalue weighted by Crippen LogP contribution is -2.16. The number of hydrogen-bond acceptors (Lipinski definition) is 6. The van der Waals surface area contributed by atoms with Crippen LogP contribution in [-0.4, -0.2) is 30.6 Å². The van der Waals surface area contributed by atoms with Gasteiger partial charge in [0.05, 0.1) is 18.4 Å². The van der Waals surface area contributed by atoms with Gasteiger partial charge in [-0.25, -0.2) is 4.79 Å². The lowest BCUT2D eigenvalue weighted by molar-refractivity contribution is -0.117. The Morgan fingerprint density at radius 3 is 2.73 bits per heavy atom. The Kier molecular flexibility index (Phi) is 6.43. The zero-order chi connectivity index (χ0) is 21.1. The van der Waals surface area contributed by atoms with Crippen LogP contribution in [0.4, 0.5) is 10.7 Å². The van der Waals surface area contributed by atoms with Crippen LogP contribution >= 0.6 is 23.1 Å². The first-order valence-corrected chi connectivity index (χ1v) is 11.9. The molecule has 0 unspecified atom stereocenters. The standard InChI is InChI=1S/C22H24N2O4S2/c1-28-22(27)19-16-7-2-3-8-17(16)30-21(19)24-18(25)12-29-15-6-4-5-14(11-15)23-20(26)13-9-10-13/h4-6,11,13H,2-3,7-10,12H2,1H3,(H,23,26)(H,24,25). The Morgan fingerprint density at radius 2 is 1.97 bits per heavy atom. The highest BCUT2D eigenvalue weighted by molar-refractivity contribution is 8.00. The molecule has 0 aliphatic heterocycles. The number of rotatable bonds is 7. The molecule has 2 N–H and O–H groups in total. The van der Waals surface area contributed by atoms with Crippen LogP contribution in [0.5, 0.6) is 0 Å². The van der Waals surface area contributed by atoms with Gasteiger partial charge >= 0.3 is 5.97 Å². The number of thioether (sulfide) groups is 1. The first-order valence-electron chi connectivity index (χ1n) is 10.1. The molecular formula is C22H24N2O4S2. The van der Waals surface area contributed by atoms with Gasteiger partial charge in [-0.1, -0.05) is 6.07 Å². The second kappa shape index (κ2) is 9.22. The quantitative estimate of drug-likeness (QED) is 0.485. The SMILES string of the molecule is COC(=O)c1c(NC(=O)CSc2cccc(NC(=O)C3CC3)c2)sc2c1CCCC2. The van der Waals surface area contributed by atoms with E-state index < -0.39 is 5.97 Å². The summed E-state index contributed by atoms with van der Waals surface area (Å²) in [5.74, 6) is -0.143. The molecule has 4 rings (SSSR count). The molecule has 0 saturated heterocycles. The molecule has 2 aromatic rings. The average Bonchev–Trinajstić information content (AvgIpc) is 3.54. The minimum atomic E-state index is -0.392. The summed E-state index contributed by atoms with van der Waals surface area (Å²) < 4.78 is 4.95. The molecule has 2 aliphatic rings. The molecule has 2 aliphatic carbocycles. The lowest BCUT2D eigenvalue weighted by atomic mass is 9.95. The highest BCUT2D eigenvalue weighted by atomic mass is 32.2. The highest BCUT2D eigenvalue weighted by Crippen LogP contribution is 2.38. The van der Waals surface area contributed by atoms with Crippen molar-refractivity contribution >= 4 is 51.6 Å². The Labute approximate surface area is 183 Å². The van der Waals surface area contributed by atoms with Crippen LogP contribution in [0.15, 0.2) is 29.2 Å². The van der Waals surface area contributed by atoms with E-state index in [1.807, 2.05) is 24.3 Å². The fourth-order valence-electron chi connectivity index (χ4n) is 3.54. The molecular weight excluding hydrogens is 420 g/mol. The van der Waals surface area contributed by atoms with Crippen molar-refractivity contribution in [1.29, 1.82) is 0 Å². The molecule has 1 aromatic carbocycles. The van der Waals surface area contributed by atoms with Crippen LogP contribution in [0.3, 0.4) is 0 Å². The van der Waals surface area contributed by atoms with Gasteiger partial charge in [-0.15, -0.1) is 23.1 Å². The molecule has 1 saturated carbocycles. The van der Waals surface area contributed by atoms with Gasteiger partial charge in [0, 0.05) is 21.4 Å². The van der Waals surface area contributed by atoms with Gasteiger partial charge in [0.25, 0.3) is 0 Å². The summed E-state index contributed by atoms with van der Waals surface area (Å²) in [5, 5.41) is 6.42. The Balaban J connectivity index is 1.39. The maximum atomic E-state index is 12.6. The molecule has 1 aromatic heterocycles. The van der Waals surface area contributed by atoms with E-state index in [2.05, 4.69) is 10.6 Å². The van der Waals surface area contributed by atoms with E-state index in [1.54, 1.807) is 0 Å². The summed E-state index contributed by atoms with van der Waals surface area (Å²) in [6.07, 6.45) is 5.85. The molecule has 0 bridgehead atoms. The van der Waals surface area contributed by atoms with E-state index in [-0.39, 0.29) is 23.5 Å². The minimum absolute atomic E-state index is 0.0619. The third-order valence-electron chi connectivity index (χ3n) is 5.23. The molecule has 6 nitrogen and oxygen atoms in total. The van der Waals surface area contributed by atoms with Gasteiger partial charge in [-0.2, -0.15) is 0 Å². The third kappa shape index (κ3) is 4.87. The molecule has 8 heteroatoms. The predicted octanol–water partition coefficient (Wildman–Crippen LogP) is 4.49. The van der Waals surface area contributed by atoms with E-state index in [9.17, 15) is 14.4 Å². The number of aryl methyl sites for hydroxylation is 1. The zero-order valence-electron chi connectivity index (χ0n) is 16.8. The fourth-order valence-corrected chi connectivity index (χ4v) is 5.59. The van der Waals surface area contributed by atoms with Crippen molar-refractivity contribution in [3.63, 3.8) is 0 Å². The summed E-state index contributed by atoms with van der Waals surface area (Å²) in [6.45, 7) is 0. The maximum absolute atomic E-state index is 12.6. The highest BCUT2D eigenvalue weighted by Gasteiger charge is 2.29. The first-order chi connectivity index (χ1) is 14.5. The maximum Gasteiger partial charge on any atom is 0.341 e. The number of carbonyl (C=O) groups excluding carboxylic acids is 3. The number of anilines is 2. The van der Waals surface area contributed by atoms with E-state index in [0.717, 1.165) is 54.7 Å². The normalized spacial score (nSPS) is 15.2. The molecule has 1 fully saturated rings. The van der Waals surface area contributed by atoms with Crippen LogP contribution < -0.4 is 10.6 Å². The monoisotopic (exact) mass is 444 g/mol. The second-order valence-electron chi connectivity index (χ2n) is 7.53. The van der Waals surface area contributed by atoms with E-state index >= 15 is 0 Å². The number of esters is 1. The van der Waals surface area contributed by atoms with Crippen molar-refractivity contribution in [2.75, 3.05) is 23.5 Å². The fraction of sp³-hybridized carbons (Fsp3) is 0.409. The molecule has 158 valence electrons. The smallest absolute Gasteiger partial charge is 0.341 e. The molecule has 1 heterocycles. The molecule has 0 spiro atoms. The van der Waals surface area contributed by atoms with Gasteiger partial charge in [0.2, 0.25) is 11.8 Å².